The summed E-state index contributed by atoms with van der Waals surface area (Å²) in [5.41, 5.74) is 11.8. The molecule has 1 heterocycles. The van der Waals surface area contributed by atoms with Crippen molar-refractivity contribution < 1.29 is 4.79 Å². The second-order valence-corrected chi connectivity index (χ2v) is 6.61. The van der Waals surface area contributed by atoms with E-state index in [0.29, 0.717) is 16.8 Å². The van der Waals surface area contributed by atoms with Gasteiger partial charge in [-0.2, -0.15) is 0 Å². The van der Waals surface area contributed by atoms with E-state index in [-0.39, 0.29) is 18.0 Å². The van der Waals surface area contributed by atoms with Crippen LogP contribution in [0.3, 0.4) is 0 Å². The molecular weight excluding hydrogens is 338 g/mol. The van der Waals surface area contributed by atoms with E-state index >= 15 is 0 Å². The summed E-state index contributed by atoms with van der Waals surface area (Å²) in [6.45, 7) is 9.56. The molecule has 2 aromatic rings. The van der Waals surface area contributed by atoms with E-state index in [1.54, 1.807) is 0 Å². The van der Waals surface area contributed by atoms with E-state index in [1.807, 2.05) is 71.0 Å². The number of hydrogen-bond donors (Lipinski definition) is 3. The molecule has 1 aromatic carbocycles. The van der Waals surface area contributed by atoms with Crippen LogP contribution in [-0.2, 0) is 6.54 Å². The summed E-state index contributed by atoms with van der Waals surface area (Å²) in [5, 5.41) is 2.85. The molecule has 0 aliphatic rings. The van der Waals surface area contributed by atoms with Gasteiger partial charge < -0.3 is 16.0 Å². The van der Waals surface area contributed by atoms with Crippen LogP contribution in [0.15, 0.2) is 41.2 Å². The number of anilines is 1. The molecule has 0 bridgehead atoms. The predicted octanol–water partition coefficient (Wildman–Crippen LogP) is 3.79. The summed E-state index contributed by atoms with van der Waals surface area (Å²) in [4.78, 5) is 27.7. The number of H-pyrrole nitrogens is 1. The highest BCUT2D eigenvalue weighted by Crippen LogP contribution is 2.25. The van der Waals surface area contributed by atoms with Gasteiger partial charge in [-0.1, -0.05) is 18.2 Å². The number of amides is 1. The first-order chi connectivity index (χ1) is 12.8. The number of benzene rings is 1. The highest BCUT2D eigenvalue weighted by molar-refractivity contribution is 5.98. The minimum Gasteiger partial charge on any atom is -0.398 e. The van der Waals surface area contributed by atoms with Crippen molar-refractivity contribution in [2.24, 2.45) is 0 Å². The Kier molecular flexibility index (Phi) is 6.40. The van der Waals surface area contributed by atoms with Crippen molar-refractivity contribution in [3.63, 3.8) is 0 Å². The van der Waals surface area contributed by atoms with E-state index in [9.17, 15) is 9.59 Å². The van der Waals surface area contributed by atoms with Crippen LogP contribution in [0.25, 0.3) is 5.57 Å². The highest BCUT2D eigenvalue weighted by atomic mass is 16.1. The molecule has 0 radical (unpaired) electrons. The molecule has 1 aromatic heterocycles. The quantitative estimate of drug-likeness (QED) is 0.556. The lowest BCUT2D eigenvalue weighted by molar-refractivity contribution is 0.0950. The third-order valence-corrected chi connectivity index (χ3v) is 4.60. The number of hydrogen-bond acceptors (Lipinski definition) is 3. The Labute approximate surface area is 160 Å². The number of aromatic nitrogens is 1. The average Bonchev–Trinajstić information content (AvgIpc) is 2.60. The number of carbonyl (C=O) groups excluding carboxylic acids is 1. The number of carbonyl (C=O) groups is 1. The molecule has 2 rings (SSSR count). The van der Waals surface area contributed by atoms with Crippen LogP contribution in [-0.4, -0.2) is 10.9 Å². The lowest BCUT2D eigenvalue weighted by Crippen LogP contribution is -2.28. The number of nitrogens with two attached hydrogens (primary N) is 1. The second-order valence-electron chi connectivity index (χ2n) is 6.61. The Morgan fingerprint density at radius 1 is 1.19 bits per heavy atom. The van der Waals surface area contributed by atoms with Crippen LogP contribution < -0.4 is 16.6 Å². The fourth-order valence-electron chi connectivity index (χ4n) is 3.04. The zero-order chi connectivity index (χ0) is 20.1. The molecule has 0 atom stereocenters. The van der Waals surface area contributed by atoms with Crippen molar-refractivity contribution in [1.29, 1.82) is 0 Å². The number of aromatic amines is 1. The van der Waals surface area contributed by atoms with E-state index in [0.717, 1.165) is 28.0 Å². The smallest absolute Gasteiger partial charge is 0.253 e. The fourth-order valence-corrected chi connectivity index (χ4v) is 3.04. The minimum atomic E-state index is -0.253. The minimum absolute atomic E-state index is 0.162. The predicted molar refractivity (Wildman–Crippen MR) is 112 cm³/mol. The molecule has 4 N–H and O–H groups in total. The SMILES string of the molecule is C/C=C\C(=C/C)c1cc(N)c(C)c(C(=O)NCc2c(C)cc(C)[nH]c2=O)c1. The molecule has 1 amide bonds. The molecule has 0 aliphatic carbocycles. The van der Waals surface area contributed by atoms with Crippen molar-refractivity contribution in [2.75, 3.05) is 5.73 Å². The average molecular weight is 365 g/mol. The van der Waals surface area contributed by atoms with Gasteiger partial charge in [0.05, 0.1) is 0 Å². The van der Waals surface area contributed by atoms with Crippen molar-refractivity contribution >= 4 is 17.2 Å². The fraction of sp³-hybridized carbons (Fsp3) is 0.273. The standard InChI is InChI=1S/C22H27N3O2/c1-6-8-16(7-2)17-10-18(15(5)20(23)11-17)21(26)24-12-19-13(3)9-14(4)25-22(19)27/h6-11H,12,23H2,1-5H3,(H,24,26)(H,25,27)/b8-6-,16-7+. The van der Waals surface area contributed by atoms with Gasteiger partial charge in [0, 0.05) is 29.1 Å². The van der Waals surface area contributed by atoms with Gasteiger partial charge in [0.1, 0.15) is 0 Å². The number of rotatable bonds is 5. The lowest BCUT2D eigenvalue weighted by atomic mass is 9.97. The Bertz CT molecular complexity index is 982. The van der Waals surface area contributed by atoms with E-state index in [2.05, 4.69) is 10.3 Å². The van der Waals surface area contributed by atoms with E-state index in [4.69, 9.17) is 5.73 Å². The van der Waals surface area contributed by atoms with Gasteiger partial charge in [0.25, 0.3) is 11.5 Å². The summed E-state index contributed by atoms with van der Waals surface area (Å²) >= 11 is 0. The van der Waals surface area contributed by atoms with Gasteiger partial charge in [-0.25, -0.2) is 0 Å². The molecular formula is C22H27N3O2. The van der Waals surface area contributed by atoms with Crippen LogP contribution in [0.5, 0.6) is 0 Å². The Morgan fingerprint density at radius 2 is 1.89 bits per heavy atom. The molecule has 5 nitrogen and oxygen atoms in total. The van der Waals surface area contributed by atoms with Gasteiger partial charge in [0.15, 0.2) is 0 Å². The van der Waals surface area contributed by atoms with Crippen molar-refractivity contribution in [2.45, 2.75) is 41.2 Å². The van der Waals surface area contributed by atoms with Gasteiger partial charge in [-0.05, 0) is 75.1 Å². The van der Waals surface area contributed by atoms with Crippen LogP contribution >= 0.6 is 0 Å². The first-order valence-electron chi connectivity index (χ1n) is 8.95. The largest absolute Gasteiger partial charge is 0.398 e. The van der Waals surface area contributed by atoms with Gasteiger partial charge in [0.2, 0.25) is 0 Å². The number of nitrogen functional groups attached to an aromatic ring is 1. The number of allylic oxidation sites excluding steroid dienone is 4. The second kappa shape index (κ2) is 8.54. The maximum absolute atomic E-state index is 12.8. The number of nitrogens with one attached hydrogen (secondary N) is 2. The summed E-state index contributed by atoms with van der Waals surface area (Å²) in [6, 6.07) is 5.60. The van der Waals surface area contributed by atoms with Crippen LogP contribution in [0.4, 0.5) is 5.69 Å². The Balaban J connectivity index is 2.34. The van der Waals surface area contributed by atoms with E-state index in [1.165, 1.54) is 0 Å². The van der Waals surface area contributed by atoms with Crippen LogP contribution in [0.1, 0.15) is 52.2 Å². The monoisotopic (exact) mass is 365 g/mol. The van der Waals surface area contributed by atoms with Gasteiger partial charge >= 0.3 is 0 Å². The van der Waals surface area contributed by atoms with Crippen LogP contribution in [0, 0.1) is 20.8 Å². The third-order valence-electron chi connectivity index (χ3n) is 4.60. The van der Waals surface area contributed by atoms with Crippen molar-refractivity contribution in [3.05, 3.63) is 80.3 Å². The number of pyridine rings is 1. The maximum Gasteiger partial charge on any atom is 0.253 e. The first kappa shape index (κ1) is 20.2. The van der Waals surface area contributed by atoms with E-state index < -0.39 is 0 Å². The number of aryl methyl sites for hydroxylation is 2. The molecule has 27 heavy (non-hydrogen) atoms. The molecule has 0 spiro atoms. The zero-order valence-electron chi connectivity index (χ0n) is 16.6. The Morgan fingerprint density at radius 3 is 2.48 bits per heavy atom. The van der Waals surface area contributed by atoms with Crippen LogP contribution in [0.2, 0.25) is 0 Å². The van der Waals surface area contributed by atoms with Gasteiger partial charge in [-0.3, -0.25) is 9.59 Å². The first-order valence-corrected chi connectivity index (χ1v) is 8.95. The maximum atomic E-state index is 12.8. The summed E-state index contributed by atoms with van der Waals surface area (Å²) < 4.78 is 0. The third kappa shape index (κ3) is 4.56. The van der Waals surface area contributed by atoms with Crippen molar-refractivity contribution in [1.82, 2.24) is 10.3 Å². The normalized spacial score (nSPS) is 11.8. The zero-order valence-corrected chi connectivity index (χ0v) is 16.6. The topological polar surface area (TPSA) is 88.0 Å². The molecule has 0 fully saturated rings. The summed E-state index contributed by atoms with van der Waals surface area (Å²) in [6.07, 6.45) is 5.89. The summed E-state index contributed by atoms with van der Waals surface area (Å²) in [7, 11) is 0. The molecule has 5 heteroatoms. The van der Waals surface area contributed by atoms with Crippen molar-refractivity contribution in [3.8, 4) is 0 Å². The molecule has 142 valence electrons. The van der Waals surface area contributed by atoms with Gasteiger partial charge in [-0.15, -0.1) is 0 Å². The summed E-state index contributed by atoms with van der Waals surface area (Å²) in [5.74, 6) is -0.253. The molecule has 0 aliphatic heterocycles. The Hall–Kier alpha value is -3.08. The molecule has 0 saturated carbocycles. The molecule has 0 unspecified atom stereocenters. The highest BCUT2D eigenvalue weighted by Gasteiger charge is 2.15. The lowest BCUT2D eigenvalue weighted by Gasteiger charge is -2.13. The molecule has 0 saturated heterocycles.